The molecule has 1 aliphatic heterocycles. The van der Waals surface area contributed by atoms with Gasteiger partial charge >= 0.3 is 0 Å². The van der Waals surface area contributed by atoms with Crippen LogP contribution in [0, 0.1) is 11.8 Å². The number of nitrogens with two attached hydrogens (primary N) is 1. The fraction of sp³-hybridized carbons (Fsp3) is 1.00. The smallest absolute Gasteiger partial charge is 0.0702 e. The van der Waals surface area contributed by atoms with Crippen LogP contribution in [0.5, 0.6) is 0 Å². The molecule has 1 heterocycles. The Morgan fingerprint density at radius 2 is 2.06 bits per heavy atom. The molecule has 3 heteroatoms. The SMILES string of the molecule is CC1CCC(N)C(CN(C)CC2CCCO2)C1. The molecule has 100 valence electrons. The first-order valence-electron chi connectivity index (χ1n) is 7.21. The summed E-state index contributed by atoms with van der Waals surface area (Å²) < 4.78 is 5.69. The number of rotatable bonds is 4. The van der Waals surface area contributed by atoms with Gasteiger partial charge in [-0.1, -0.05) is 6.92 Å². The highest BCUT2D eigenvalue weighted by Gasteiger charge is 2.27. The molecule has 3 nitrogen and oxygen atoms in total. The van der Waals surface area contributed by atoms with E-state index in [1.807, 2.05) is 0 Å². The Labute approximate surface area is 106 Å². The Balaban J connectivity index is 1.74. The van der Waals surface area contributed by atoms with Crippen LogP contribution in [0.2, 0.25) is 0 Å². The van der Waals surface area contributed by atoms with Crippen LogP contribution in [0.3, 0.4) is 0 Å². The number of hydrogen-bond acceptors (Lipinski definition) is 3. The van der Waals surface area contributed by atoms with Gasteiger partial charge in [0.15, 0.2) is 0 Å². The Morgan fingerprint density at radius 1 is 1.24 bits per heavy atom. The third-order valence-electron chi connectivity index (χ3n) is 4.39. The van der Waals surface area contributed by atoms with Crippen molar-refractivity contribution in [3.63, 3.8) is 0 Å². The van der Waals surface area contributed by atoms with Gasteiger partial charge in [0, 0.05) is 25.7 Å². The van der Waals surface area contributed by atoms with Gasteiger partial charge in [-0.05, 0) is 51.0 Å². The minimum Gasteiger partial charge on any atom is -0.377 e. The molecule has 2 aliphatic rings. The summed E-state index contributed by atoms with van der Waals surface area (Å²) in [6.07, 6.45) is 6.76. The fourth-order valence-electron chi connectivity index (χ4n) is 3.34. The Kier molecular flexibility index (Phi) is 4.83. The summed E-state index contributed by atoms with van der Waals surface area (Å²) in [7, 11) is 2.22. The van der Waals surface area contributed by atoms with Crippen molar-refractivity contribution in [3.05, 3.63) is 0 Å². The van der Waals surface area contributed by atoms with Gasteiger partial charge in [-0.25, -0.2) is 0 Å². The first-order chi connectivity index (χ1) is 8.15. The van der Waals surface area contributed by atoms with Crippen molar-refractivity contribution in [1.82, 2.24) is 4.90 Å². The summed E-state index contributed by atoms with van der Waals surface area (Å²) in [5.74, 6) is 1.54. The summed E-state index contributed by atoms with van der Waals surface area (Å²) in [6, 6.07) is 0.415. The maximum Gasteiger partial charge on any atom is 0.0702 e. The van der Waals surface area contributed by atoms with Gasteiger partial charge in [0.2, 0.25) is 0 Å². The minimum atomic E-state index is 0.415. The summed E-state index contributed by atoms with van der Waals surface area (Å²) in [4.78, 5) is 2.43. The van der Waals surface area contributed by atoms with E-state index in [4.69, 9.17) is 10.5 Å². The van der Waals surface area contributed by atoms with Gasteiger partial charge in [0.1, 0.15) is 0 Å². The second kappa shape index (κ2) is 6.17. The number of likely N-dealkylation sites (N-methyl/N-ethyl adjacent to an activating group) is 1. The van der Waals surface area contributed by atoms with E-state index in [-0.39, 0.29) is 0 Å². The molecule has 0 aromatic heterocycles. The quantitative estimate of drug-likeness (QED) is 0.815. The molecule has 0 radical (unpaired) electrons. The highest BCUT2D eigenvalue weighted by molar-refractivity contribution is 4.83. The molecule has 2 fully saturated rings. The lowest BCUT2D eigenvalue weighted by atomic mass is 9.79. The summed E-state index contributed by atoms with van der Waals surface area (Å²) >= 11 is 0. The van der Waals surface area contributed by atoms with E-state index in [1.165, 1.54) is 32.1 Å². The average Bonchev–Trinajstić information content (AvgIpc) is 2.76. The molecule has 2 rings (SSSR count). The van der Waals surface area contributed by atoms with E-state index in [1.54, 1.807) is 0 Å². The van der Waals surface area contributed by atoms with Gasteiger partial charge < -0.3 is 15.4 Å². The first kappa shape index (κ1) is 13.3. The lowest BCUT2D eigenvalue weighted by Crippen LogP contribution is -2.43. The van der Waals surface area contributed by atoms with E-state index in [9.17, 15) is 0 Å². The summed E-state index contributed by atoms with van der Waals surface area (Å²) in [5, 5.41) is 0. The zero-order valence-corrected chi connectivity index (χ0v) is 11.4. The molecule has 0 amide bonds. The second-order valence-corrected chi connectivity index (χ2v) is 6.20. The van der Waals surface area contributed by atoms with E-state index < -0.39 is 0 Å². The number of ether oxygens (including phenoxy) is 1. The topological polar surface area (TPSA) is 38.5 Å². The maximum atomic E-state index is 6.24. The molecule has 0 bridgehead atoms. The van der Waals surface area contributed by atoms with Crippen molar-refractivity contribution in [1.29, 1.82) is 0 Å². The second-order valence-electron chi connectivity index (χ2n) is 6.20. The van der Waals surface area contributed by atoms with E-state index in [0.717, 1.165) is 25.6 Å². The van der Waals surface area contributed by atoms with E-state index >= 15 is 0 Å². The molecule has 4 atom stereocenters. The predicted octanol–water partition coefficient (Wildman–Crippen LogP) is 1.86. The normalized spacial score (nSPS) is 38.8. The Bertz CT molecular complexity index is 228. The van der Waals surface area contributed by atoms with Gasteiger partial charge in [0.05, 0.1) is 6.10 Å². The molecule has 0 aromatic carbocycles. The van der Waals surface area contributed by atoms with Crippen molar-refractivity contribution < 1.29 is 4.74 Å². The van der Waals surface area contributed by atoms with E-state index in [0.29, 0.717) is 18.1 Å². The highest BCUT2D eigenvalue weighted by Crippen LogP contribution is 2.28. The first-order valence-corrected chi connectivity index (χ1v) is 7.21. The molecule has 1 saturated heterocycles. The third kappa shape index (κ3) is 3.94. The van der Waals surface area contributed by atoms with Gasteiger partial charge in [0.25, 0.3) is 0 Å². The van der Waals surface area contributed by atoms with Crippen LogP contribution >= 0.6 is 0 Å². The molecular weight excluding hydrogens is 212 g/mol. The van der Waals surface area contributed by atoms with Crippen LogP contribution in [-0.2, 0) is 4.74 Å². The molecule has 1 aliphatic carbocycles. The van der Waals surface area contributed by atoms with E-state index in [2.05, 4.69) is 18.9 Å². The van der Waals surface area contributed by atoms with Crippen LogP contribution in [-0.4, -0.2) is 43.8 Å². The zero-order valence-electron chi connectivity index (χ0n) is 11.4. The number of nitrogens with zero attached hydrogens (tertiary/aromatic N) is 1. The van der Waals surface area contributed by atoms with Crippen molar-refractivity contribution in [2.24, 2.45) is 17.6 Å². The van der Waals surface area contributed by atoms with Gasteiger partial charge in [-0.2, -0.15) is 0 Å². The maximum absolute atomic E-state index is 6.24. The monoisotopic (exact) mass is 240 g/mol. The van der Waals surface area contributed by atoms with Crippen LogP contribution in [0.4, 0.5) is 0 Å². The van der Waals surface area contributed by atoms with Gasteiger partial charge in [-0.3, -0.25) is 0 Å². The van der Waals surface area contributed by atoms with Crippen LogP contribution in [0.25, 0.3) is 0 Å². The van der Waals surface area contributed by atoms with Gasteiger partial charge in [-0.15, -0.1) is 0 Å². The average molecular weight is 240 g/mol. The van der Waals surface area contributed by atoms with Crippen LogP contribution in [0.1, 0.15) is 39.0 Å². The third-order valence-corrected chi connectivity index (χ3v) is 4.39. The largest absolute Gasteiger partial charge is 0.377 e. The molecule has 0 spiro atoms. The lowest BCUT2D eigenvalue weighted by molar-refractivity contribution is 0.0705. The molecule has 2 N–H and O–H groups in total. The van der Waals surface area contributed by atoms with Crippen molar-refractivity contribution >= 4 is 0 Å². The zero-order chi connectivity index (χ0) is 12.3. The predicted molar refractivity (Wildman–Crippen MR) is 71.0 cm³/mol. The van der Waals surface area contributed by atoms with Crippen molar-refractivity contribution in [3.8, 4) is 0 Å². The Hall–Kier alpha value is -0.120. The summed E-state index contributed by atoms with van der Waals surface area (Å²) in [6.45, 7) is 5.54. The summed E-state index contributed by atoms with van der Waals surface area (Å²) in [5.41, 5.74) is 6.24. The molecule has 4 unspecified atom stereocenters. The molecule has 1 saturated carbocycles. The van der Waals surface area contributed by atoms with Crippen molar-refractivity contribution in [2.45, 2.75) is 51.2 Å². The Morgan fingerprint density at radius 3 is 2.76 bits per heavy atom. The van der Waals surface area contributed by atoms with Crippen LogP contribution in [0.15, 0.2) is 0 Å². The standard InChI is InChI=1S/C14H28N2O/c1-11-5-6-14(15)12(8-11)9-16(2)10-13-4-3-7-17-13/h11-14H,3-10,15H2,1-2H3. The van der Waals surface area contributed by atoms with Crippen molar-refractivity contribution in [2.75, 3.05) is 26.7 Å². The highest BCUT2D eigenvalue weighted by atomic mass is 16.5. The van der Waals surface area contributed by atoms with Crippen LogP contribution < -0.4 is 5.73 Å². The molecule has 0 aromatic rings. The lowest BCUT2D eigenvalue weighted by Gasteiger charge is -2.35. The fourth-order valence-corrected chi connectivity index (χ4v) is 3.34. The number of hydrogen-bond donors (Lipinski definition) is 1. The minimum absolute atomic E-state index is 0.415. The molecular formula is C14H28N2O. The molecule has 17 heavy (non-hydrogen) atoms.